The molecule has 2 N–H and O–H groups in total. The first kappa shape index (κ1) is 20.8. The number of aromatic nitrogens is 2. The molecule has 156 valence electrons. The number of thiophene rings is 1. The summed E-state index contributed by atoms with van der Waals surface area (Å²) < 4.78 is 1.20. The maximum atomic E-state index is 13.3. The Labute approximate surface area is 185 Å². The van der Waals surface area contributed by atoms with Gasteiger partial charge in [-0.1, -0.05) is 48.0 Å². The third kappa shape index (κ3) is 3.95. The second-order valence-corrected chi connectivity index (χ2v) is 8.05. The van der Waals surface area contributed by atoms with E-state index in [2.05, 4.69) is 10.3 Å². The van der Waals surface area contributed by atoms with Crippen molar-refractivity contribution in [3.63, 3.8) is 0 Å². The Morgan fingerprint density at radius 3 is 2.61 bits per heavy atom. The predicted octanol–water partition coefficient (Wildman–Crippen LogP) is 4.42. The molecule has 2 heterocycles. The monoisotopic (exact) mass is 453 g/mol. The van der Waals surface area contributed by atoms with Gasteiger partial charge in [0.25, 0.3) is 5.56 Å². The van der Waals surface area contributed by atoms with E-state index < -0.39 is 17.4 Å². The molecule has 2 aromatic carbocycles. The van der Waals surface area contributed by atoms with Gasteiger partial charge in [-0.25, -0.2) is 9.78 Å². The molecule has 0 aliphatic heterocycles. The molecule has 7 nitrogen and oxygen atoms in total. The molecular weight excluding hydrogens is 438 g/mol. The Morgan fingerprint density at radius 2 is 1.90 bits per heavy atom. The van der Waals surface area contributed by atoms with E-state index in [1.165, 1.54) is 9.95 Å². The molecule has 1 amide bonds. The average Bonchev–Trinajstić information content (AvgIpc) is 3.18. The molecule has 0 atom stereocenters. The summed E-state index contributed by atoms with van der Waals surface area (Å²) in [4.78, 5) is 42.5. The van der Waals surface area contributed by atoms with Crippen LogP contribution in [0.25, 0.3) is 21.6 Å². The van der Waals surface area contributed by atoms with Crippen molar-refractivity contribution in [1.82, 2.24) is 9.55 Å². The van der Waals surface area contributed by atoms with Crippen LogP contribution in [0.2, 0.25) is 5.02 Å². The molecule has 0 aliphatic rings. The Bertz CT molecular complexity index is 1380. The maximum Gasteiger partial charge on any atom is 0.337 e. The van der Waals surface area contributed by atoms with Crippen molar-refractivity contribution < 1.29 is 14.7 Å². The van der Waals surface area contributed by atoms with Crippen molar-refractivity contribution in [2.24, 2.45) is 0 Å². The van der Waals surface area contributed by atoms with E-state index >= 15 is 0 Å². The summed E-state index contributed by atoms with van der Waals surface area (Å²) in [6, 6.07) is 14.1. The summed E-state index contributed by atoms with van der Waals surface area (Å²) in [6.45, 7) is 1.44. The highest BCUT2D eigenvalue weighted by atomic mass is 35.5. The number of nitrogens with one attached hydrogen (secondary N) is 1. The lowest BCUT2D eigenvalue weighted by molar-refractivity contribution is -0.116. The van der Waals surface area contributed by atoms with Crippen LogP contribution in [-0.4, -0.2) is 26.5 Å². The molecule has 0 spiro atoms. The zero-order valence-corrected chi connectivity index (χ0v) is 17.8. The third-order valence-electron chi connectivity index (χ3n) is 4.80. The molecule has 0 fully saturated rings. The number of fused-ring (bicyclic) bond motifs is 1. The second-order valence-electron chi connectivity index (χ2n) is 6.79. The van der Waals surface area contributed by atoms with Gasteiger partial charge in [-0.2, -0.15) is 0 Å². The molecule has 0 unspecified atom stereocenters. The Morgan fingerprint density at radius 1 is 1.16 bits per heavy atom. The zero-order valence-electron chi connectivity index (χ0n) is 16.3. The van der Waals surface area contributed by atoms with Gasteiger partial charge in [0, 0.05) is 21.7 Å². The number of amides is 1. The Balaban J connectivity index is 1.82. The number of rotatable bonds is 5. The number of carbonyl (C=O) groups excluding carboxylic acids is 1. The number of carboxylic acids is 1. The number of anilines is 1. The minimum atomic E-state index is -1.22. The normalized spacial score (nSPS) is 10.9. The quantitative estimate of drug-likeness (QED) is 0.465. The van der Waals surface area contributed by atoms with Crippen LogP contribution in [0.15, 0.2) is 58.7 Å². The van der Waals surface area contributed by atoms with Crippen molar-refractivity contribution in [2.45, 2.75) is 13.5 Å². The number of halogens is 1. The molecule has 4 rings (SSSR count). The van der Waals surface area contributed by atoms with E-state index in [-0.39, 0.29) is 23.3 Å². The minimum Gasteiger partial charge on any atom is -0.478 e. The SMILES string of the molecule is Cc1c(Cl)cccc1NC(=O)Cn1c(-c2ccccc2)nc2scc(C(=O)O)c2c1=O. The van der Waals surface area contributed by atoms with Crippen LogP contribution in [0.1, 0.15) is 15.9 Å². The van der Waals surface area contributed by atoms with Gasteiger partial charge in [0.2, 0.25) is 5.91 Å². The number of benzene rings is 2. The number of carboxylic acid groups (broad SMARTS) is 1. The van der Waals surface area contributed by atoms with E-state index in [1.54, 1.807) is 49.4 Å². The standard InChI is InChI=1S/C22H16ClN3O4S/c1-12-15(23)8-5-9-16(12)24-17(27)10-26-19(13-6-3-2-4-7-13)25-20-18(21(26)28)14(11-31-20)22(29)30/h2-9,11H,10H2,1H3,(H,24,27)(H,29,30). The molecule has 4 aromatic rings. The number of hydrogen-bond acceptors (Lipinski definition) is 5. The maximum absolute atomic E-state index is 13.3. The fraction of sp³-hybridized carbons (Fsp3) is 0.0909. The summed E-state index contributed by atoms with van der Waals surface area (Å²) in [5.41, 5.74) is 1.16. The smallest absolute Gasteiger partial charge is 0.337 e. The van der Waals surface area contributed by atoms with Crippen LogP contribution >= 0.6 is 22.9 Å². The fourth-order valence-electron chi connectivity index (χ4n) is 3.21. The molecule has 9 heteroatoms. The summed E-state index contributed by atoms with van der Waals surface area (Å²) >= 11 is 7.20. The van der Waals surface area contributed by atoms with Crippen molar-refractivity contribution >= 4 is 50.7 Å². The number of aromatic carboxylic acids is 1. The summed E-state index contributed by atoms with van der Waals surface area (Å²) in [7, 11) is 0. The van der Waals surface area contributed by atoms with Crippen LogP contribution in [0.4, 0.5) is 5.69 Å². The van der Waals surface area contributed by atoms with Crippen LogP contribution in [0.3, 0.4) is 0 Å². The number of nitrogens with zero attached hydrogens (tertiary/aromatic N) is 2. The van der Waals surface area contributed by atoms with Gasteiger partial charge in [-0.3, -0.25) is 14.2 Å². The molecule has 0 saturated heterocycles. The molecular formula is C22H16ClN3O4S. The van der Waals surface area contributed by atoms with Crippen molar-refractivity contribution in [3.05, 3.63) is 80.4 Å². The molecule has 31 heavy (non-hydrogen) atoms. The molecule has 0 bridgehead atoms. The minimum absolute atomic E-state index is 0.0103. The highest BCUT2D eigenvalue weighted by molar-refractivity contribution is 7.17. The van der Waals surface area contributed by atoms with Gasteiger partial charge in [0.15, 0.2) is 0 Å². The first-order valence-electron chi connectivity index (χ1n) is 9.22. The summed E-state index contributed by atoms with van der Waals surface area (Å²) in [5, 5.41) is 14.1. The lowest BCUT2D eigenvalue weighted by Crippen LogP contribution is -2.30. The number of carbonyl (C=O) groups is 2. The largest absolute Gasteiger partial charge is 0.478 e. The fourth-order valence-corrected chi connectivity index (χ4v) is 4.29. The van der Waals surface area contributed by atoms with E-state index in [0.717, 1.165) is 11.3 Å². The number of hydrogen-bond donors (Lipinski definition) is 2. The Kier molecular flexibility index (Phi) is 5.58. The van der Waals surface area contributed by atoms with Gasteiger partial charge in [-0.05, 0) is 24.6 Å². The van der Waals surface area contributed by atoms with Crippen molar-refractivity contribution in [1.29, 1.82) is 0 Å². The van der Waals surface area contributed by atoms with Gasteiger partial charge in [0.05, 0.1) is 10.9 Å². The van der Waals surface area contributed by atoms with Gasteiger partial charge >= 0.3 is 5.97 Å². The lowest BCUT2D eigenvalue weighted by Gasteiger charge is -2.14. The van der Waals surface area contributed by atoms with Crippen molar-refractivity contribution in [3.8, 4) is 11.4 Å². The van der Waals surface area contributed by atoms with Gasteiger partial charge in [-0.15, -0.1) is 11.3 Å². The van der Waals surface area contributed by atoms with Crippen molar-refractivity contribution in [2.75, 3.05) is 5.32 Å². The predicted molar refractivity (Wildman–Crippen MR) is 121 cm³/mol. The summed E-state index contributed by atoms with van der Waals surface area (Å²) in [5.74, 6) is -1.39. The molecule has 0 aliphatic carbocycles. The van der Waals surface area contributed by atoms with Crippen LogP contribution < -0.4 is 10.9 Å². The van der Waals surface area contributed by atoms with Crippen LogP contribution in [-0.2, 0) is 11.3 Å². The van der Waals surface area contributed by atoms with Crippen LogP contribution in [0.5, 0.6) is 0 Å². The average molecular weight is 454 g/mol. The van der Waals surface area contributed by atoms with Gasteiger partial charge < -0.3 is 10.4 Å². The zero-order chi connectivity index (χ0) is 22.1. The topological polar surface area (TPSA) is 101 Å². The highest BCUT2D eigenvalue weighted by Crippen LogP contribution is 2.26. The highest BCUT2D eigenvalue weighted by Gasteiger charge is 2.21. The third-order valence-corrected chi connectivity index (χ3v) is 6.08. The first-order valence-corrected chi connectivity index (χ1v) is 10.5. The molecule has 2 aromatic heterocycles. The first-order chi connectivity index (χ1) is 14.9. The van der Waals surface area contributed by atoms with E-state index in [4.69, 9.17) is 11.6 Å². The lowest BCUT2D eigenvalue weighted by atomic mass is 10.2. The van der Waals surface area contributed by atoms with E-state index in [9.17, 15) is 19.5 Å². The van der Waals surface area contributed by atoms with E-state index in [0.29, 0.717) is 26.7 Å². The summed E-state index contributed by atoms with van der Waals surface area (Å²) in [6.07, 6.45) is 0. The van der Waals surface area contributed by atoms with E-state index in [1.807, 2.05) is 6.07 Å². The van der Waals surface area contributed by atoms with Gasteiger partial charge in [0.1, 0.15) is 17.2 Å². The second kappa shape index (κ2) is 8.33. The Hall–Kier alpha value is -3.49. The molecule has 0 radical (unpaired) electrons. The van der Waals surface area contributed by atoms with Crippen LogP contribution in [0, 0.1) is 6.92 Å². The molecule has 0 saturated carbocycles.